The van der Waals surface area contributed by atoms with Crippen LogP contribution >= 0.6 is 11.3 Å². The van der Waals surface area contributed by atoms with Crippen LogP contribution in [-0.4, -0.2) is 55.7 Å². The molecule has 0 saturated heterocycles. The number of rotatable bonds is 12. The molecular weight excluding hydrogens is 422 g/mol. The van der Waals surface area contributed by atoms with Gasteiger partial charge in [0.25, 0.3) is 5.91 Å². The summed E-state index contributed by atoms with van der Waals surface area (Å²) >= 11 is 1.51. The number of nitrogens with zero attached hydrogens (tertiary/aromatic N) is 3. The van der Waals surface area contributed by atoms with Crippen LogP contribution in [0.15, 0.2) is 42.5 Å². The molecule has 1 heterocycles. The van der Waals surface area contributed by atoms with Crippen LogP contribution in [0.3, 0.4) is 0 Å². The number of fused-ring (bicyclic) bond motifs is 1. The fraction of sp³-hybridized carbons (Fsp3) is 0.440. The third kappa shape index (κ3) is 5.99. The van der Waals surface area contributed by atoms with Gasteiger partial charge in [-0.3, -0.25) is 9.69 Å². The van der Waals surface area contributed by atoms with Gasteiger partial charge in [0, 0.05) is 18.7 Å². The Morgan fingerprint density at radius 3 is 2.56 bits per heavy atom. The molecule has 0 spiro atoms. The van der Waals surface area contributed by atoms with Crippen LogP contribution in [0.25, 0.3) is 10.2 Å². The Kier molecular flexibility index (Phi) is 8.88. The minimum absolute atomic E-state index is 0.0656. The van der Waals surface area contributed by atoms with Crippen molar-refractivity contribution < 1.29 is 14.3 Å². The largest absolute Gasteiger partial charge is 0.497 e. The molecule has 1 amide bonds. The monoisotopic (exact) mass is 455 g/mol. The first-order chi connectivity index (χ1) is 15.6. The van der Waals surface area contributed by atoms with Crippen LogP contribution in [-0.2, 0) is 0 Å². The zero-order chi connectivity index (χ0) is 22.9. The molecule has 3 aromatic rings. The third-order valence-corrected chi connectivity index (χ3v) is 6.48. The van der Waals surface area contributed by atoms with Crippen LogP contribution in [0.4, 0.5) is 5.13 Å². The summed E-state index contributed by atoms with van der Waals surface area (Å²) in [5.74, 6) is 1.44. The Hall–Kier alpha value is -2.64. The van der Waals surface area contributed by atoms with Crippen LogP contribution < -0.4 is 14.4 Å². The van der Waals surface area contributed by atoms with Gasteiger partial charge in [-0.05, 0) is 55.9 Å². The first-order valence-electron chi connectivity index (χ1n) is 11.3. The number of unbranched alkanes of at least 4 members (excludes halogenated alkanes) is 1. The number of aromatic nitrogens is 1. The van der Waals surface area contributed by atoms with Crippen molar-refractivity contribution >= 4 is 32.6 Å². The van der Waals surface area contributed by atoms with Crippen molar-refractivity contribution in [1.29, 1.82) is 0 Å². The summed E-state index contributed by atoms with van der Waals surface area (Å²) in [5.41, 5.74) is 1.47. The van der Waals surface area contributed by atoms with E-state index in [1.165, 1.54) is 11.3 Å². The number of hydrogen-bond acceptors (Lipinski definition) is 6. The Balaban J connectivity index is 1.90. The average molecular weight is 456 g/mol. The van der Waals surface area contributed by atoms with Crippen molar-refractivity contribution in [1.82, 2.24) is 9.88 Å². The van der Waals surface area contributed by atoms with E-state index >= 15 is 0 Å². The fourth-order valence-electron chi connectivity index (χ4n) is 3.41. The molecule has 0 radical (unpaired) electrons. The molecule has 0 aliphatic carbocycles. The molecule has 0 aliphatic heterocycles. The van der Waals surface area contributed by atoms with Gasteiger partial charge in [-0.2, -0.15) is 0 Å². The fourth-order valence-corrected chi connectivity index (χ4v) is 4.43. The molecule has 0 bridgehead atoms. The summed E-state index contributed by atoms with van der Waals surface area (Å²) in [4.78, 5) is 22.5. The Labute approximate surface area is 194 Å². The molecule has 32 heavy (non-hydrogen) atoms. The second kappa shape index (κ2) is 11.8. The number of benzene rings is 2. The maximum Gasteiger partial charge on any atom is 0.260 e. The number of ether oxygens (including phenoxy) is 2. The number of thiazole rings is 1. The van der Waals surface area contributed by atoms with Gasteiger partial charge >= 0.3 is 0 Å². The number of methoxy groups -OCH3 is 1. The van der Waals surface area contributed by atoms with E-state index in [4.69, 9.17) is 14.5 Å². The lowest BCUT2D eigenvalue weighted by Gasteiger charge is -2.25. The van der Waals surface area contributed by atoms with Crippen LogP contribution in [0.5, 0.6) is 11.5 Å². The summed E-state index contributed by atoms with van der Waals surface area (Å²) in [5, 5.41) is 0.697. The van der Waals surface area contributed by atoms with E-state index in [2.05, 4.69) is 25.7 Å². The molecule has 1 aromatic heterocycles. The number of likely N-dealkylation sites (N-methyl/N-ethyl adjacent to an activating group) is 1. The molecule has 0 atom stereocenters. The van der Waals surface area contributed by atoms with Crippen molar-refractivity contribution in [2.75, 3.05) is 44.8 Å². The number of amides is 1. The Morgan fingerprint density at radius 1 is 1.03 bits per heavy atom. The van der Waals surface area contributed by atoms with Crippen molar-refractivity contribution in [2.24, 2.45) is 0 Å². The molecule has 7 heteroatoms. The van der Waals surface area contributed by atoms with Gasteiger partial charge in [0.2, 0.25) is 0 Å². The number of carbonyl (C=O) groups is 1. The van der Waals surface area contributed by atoms with Crippen molar-refractivity contribution in [3.8, 4) is 11.5 Å². The van der Waals surface area contributed by atoms with Gasteiger partial charge in [0.05, 0.1) is 23.9 Å². The smallest absolute Gasteiger partial charge is 0.260 e. The van der Waals surface area contributed by atoms with Gasteiger partial charge in [0.1, 0.15) is 11.5 Å². The highest BCUT2D eigenvalue weighted by Gasteiger charge is 2.22. The highest BCUT2D eigenvalue weighted by molar-refractivity contribution is 7.22. The minimum Gasteiger partial charge on any atom is -0.497 e. The molecule has 0 aliphatic rings. The predicted octanol–water partition coefficient (Wildman–Crippen LogP) is 5.47. The summed E-state index contributed by atoms with van der Waals surface area (Å²) in [6, 6.07) is 13.2. The second-order valence-electron chi connectivity index (χ2n) is 7.54. The van der Waals surface area contributed by atoms with Crippen molar-refractivity contribution in [3.05, 3.63) is 48.0 Å². The summed E-state index contributed by atoms with van der Waals surface area (Å²) in [6.07, 6.45) is 2.06. The lowest BCUT2D eigenvalue weighted by molar-refractivity contribution is 0.0983. The van der Waals surface area contributed by atoms with Crippen LogP contribution in [0.1, 0.15) is 44.0 Å². The lowest BCUT2D eigenvalue weighted by Crippen LogP contribution is -2.38. The van der Waals surface area contributed by atoms with Gasteiger partial charge in [-0.15, -0.1) is 0 Å². The number of hydrogen-bond donors (Lipinski definition) is 0. The quantitative estimate of drug-likeness (QED) is 0.339. The SMILES string of the molecule is CCCCOc1cccc(C(=O)N(CCN(CC)CC)c2nc3ccc(OC)cc3s2)c1. The first-order valence-corrected chi connectivity index (χ1v) is 12.1. The molecular formula is C25H33N3O3S. The van der Waals surface area contributed by atoms with E-state index in [1.807, 2.05) is 42.5 Å². The zero-order valence-electron chi connectivity index (χ0n) is 19.5. The normalized spacial score (nSPS) is 11.2. The maximum atomic E-state index is 13.6. The summed E-state index contributed by atoms with van der Waals surface area (Å²) in [6.45, 7) is 10.3. The van der Waals surface area contributed by atoms with Gasteiger partial charge in [0.15, 0.2) is 5.13 Å². The van der Waals surface area contributed by atoms with E-state index in [1.54, 1.807) is 12.0 Å². The standard InChI is InChI=1S/C25H33N3O3S/c1-5-8-16-31-21-11-9-10-19(17-21)24(29)28(15-14-27(6-2)7-3)25-26-22-13-12-20(30-4)18-23(22)32-25/h9-13,17-18H,5-8,14-16H2,1-4H3. The van der Waals surface area contributed by atoms with Crippen LogP contribution in [0.2, 0.25) is 0 Å². The molecule has 2 aromatic carbocycles. The summed E-state index contributed by atoms with van der Waals surface area (Å²) in [7, 11) is 1.65. The molecule has 0 fully saturated rings. The van der Waals surface area contributed by atoms with Gasteiger partial charge in [-0.1, -0.05) is 44.6 Å². The van der Waals surface area contributed by atoms with E-state index in [9.17, 15) is 4.79 Å². The van der Waals surface area contributed by atoms with E-state index in [0.717, 1.165) is 54.2 Å². The highest BCUT2D eigenvalue weighted by atomic mass is 32.1. The molecule has 172 valence electrons. The molecule has 0 N–H and O–H groups in total. The Morgan fingerprint density at radius 2 is 1.84 bits per heavy atom. The summed E-state index contributed by atoms with van der Waals surface area (Å²) < 4.78 is 12.2. The molecule has 0 saturated carbocycles. The van der Waals surface area contributed by atoms with E-state index in [0.29, 0.717) is 23.8 Å². The molecule has 3 rings (SSSR count). The van der Waals surface area contributed by atoms with Gasteiger partial charge in [-0.25, -0.2) is 4.98 Å². The van der Waals surface area contributed by atoms with E-state index < -0.39 is 0 Å². The second-order valence-corrected chi connectivity index (χ2v) is 8.55. The third-order valence-electron chi connectivity index (χ3n) is 5.44. The number of carbonyl (C=O) groups excluding carboxylic acids is 1. The minimum atomic E-state index is -0.0656. The predicted molar refractivity (Wildman–Crippen MR) is 132 cm³/mol. The highest BCUT2D eigenvalue weighted by Crippen LogP contribution is 2.32. The van der Waals surface area contributed by atoms with Crippen molar-refractivity contribution in [2.45, 2.75) is 33.6 Å². The topological polar surface area (TPSA) is 54.9 Å². The van der Waals surface area contributed by atoms with E-state index in [-0.39, 0.29) is 5.91 Å². The Bertz CT molecular complexity index is 1020. The molecule has 0 unspecified atom stereocenters. The zero-order valence-corrected chi connectivity index (χ0v) is 20.3. The van der Waals surface area contributed by atoms with Gasteiger partial charge < -0.3 is 14.4 Å². The van der Waals surface area contributed by atoms with Crippen molar-refractivity contribution in [3.63, 3.8) is 0 Å². The molecule has 6 nitrogen and oxygen atoms in total. The maximum absolute atomic E-state index is 13.6. The lowest BCUT2D eigenvalue weighted by atomic mass is 10.2. The first kappa shape index (κ1) is 24.0. The average Bonchev–Trinajstić information content (AvgIpc) is 3.24. The van der Waals surface area contributed by atoms with Crippen LogP contribution in [0, 0.1) is 0 Å². The number of anilines is 1.